The van der Waals surface area contributed by atoms with Crippen LogP contribution in [0, 0.1) is 11.6 Å². The third-order valence-electron chi connectivity index (χ3n) is 4.42. The fourth-order valence-electron chi connectivity index (χ4n) is 2.91. The first-order valence-corrected chi connectivity index (χ1v) is 8.56. The Morgan fingerprint density at radius 3 is 2.62 bits per heavy atom. The van der Waals surface area contributed by atoms with Gasteiger partial charge in [0, 0.05) is 37.8 Å². The lowest BCUT2D eigenvalue weighted by atomic mass is 9.98. The predicted octanol–water partition coefficient (Wildman–Crippen LogP) is 3.77. The van der Waals surface area contributed by atoms with E-state index in [2.05, 4.69) is 15.8 Å². The van der Waals surface area contributed by atoms with E-state index in [9.17, 15) is 13.6 Å². The van der Waals surface area contributed by atoms with Gasteiger partial charge in [0.15, 0.2) is 5.82 Å². The van der Waals surface area contributed by atoms with E-state index in [4.69, 9.17) is 9.26 Å². The second-order valence-corrected chi connectivity index (χ2v) is 6.44. The fraction of sp³-hybridized carbons (Fsp3) is 0.444. The number of halogens is 2. The number of rotatable bonds is 5. The third-order valence-corrected chi connectivity index (χ3v) is 4.42. The molecule has 3 rings (SSSR count). The molecule has 1 aromatic heterocycles. The van der Waals surface area contributed by atoms with Crippen LogP contribution in [0.4, 0.5) is 19.4 Å². The summed E-state index contributed by atoms with van der Waals surface area (Å²) in [5.74, 6) is -0.224. The van der Waals surface area contributed by atoms with Crippen LogP contribution < -0.4 is 10.6 Å². The lowest BCUT2D eigenvalue weighted by Gasteiger charge is -2.18. The molecule has 2 N–H and O–H groups in total. The highest BCUT2D eigenvalue weighted by Gasteiger charge is 2.21. The largest absolute Gasteiger partial charge is 0.381 e. The molecule has 2 aromatic rings. The zero-order valence-corrected chi connectivity index (χ0v) is 14.4. The van der Waals surface area contributed by atoms with Crippen LogP contribution in [0.2, 0.25) is 0 Å². The molecule has 0 radical (unpaired) electrons. The number of benzene rings is 1. The Balaban J connectivity index is 1.50. The summed E-state index contributed by atoms with van der Waals surface area (Å²) >= 11 is 0. The highest BCUT2D eigenvalue weighted by Crippen LogP contribution is 2.28. The van der Waals surface area contributed by atoms with Gasteiger partial charge in [-0.1, -0.05) is 12.1 Å². The van der Waals surface area contributed by atoms with Gasteiger partial charge in [-0.15, -0.1) is 0 Å². The van der Waals surface area contributed by atoms with E-state index in [0.717, 1.165) is 24.7 Å². The number of anilines is 1. The van der Waals surface area contributed by atoms with Crippen molar-refractivity contribution in [1.29, 1.82) is 0 Å². The number of urea groups is 1. The number of amides is 2. The van der Waals surface area contributed by atoms with Crippen molar-refractivity contribution in [2.24, 2.45) is 0 Å². The fourth-order valence-corrected chi connectivity index (χ4v) is 2.91. The van der Waals surface area contributed by atoms with Crippen molar-refractivity contribution < 1.29 is 22.8 Å². The van der Waals surface area contributed by atoms with E-state index < -0.39 is 17.7 Å². The summed E-state index contributed by atoms with van der Waals surface area (Å²) < 4.78 is 37.1. The molecule has 1 atom stereocenters. The van der Waals surface area contributed by atoms with E-state index in [0.29, 0.717) is 24.6 Å². The summed E-state index contributed by atoms with van der Waals surface area (Å²) in [6.45, 7) is 3.37. The monoisotopic (exact) mass is 365 g/mol. The number of nitrogens with zero attached hydrogens (tertiary/aromatic N) is 1. The molecule has 1 aliphatic rings. The minimum atomic E-state index is -0.639. The van der Waals surface area contributed by atoms with Gasteiger partial charge >= 0.3 is 6.03 Å². The summed E-state index contributed by atoms with van der Waals surface area (Å²) in [6.07, 6.45) is 1.73. The Labute approximate surface area is 149 Å². The molecule has 2 amide bonds. The van der Waals surface area contributed by atoms with Gasteiger partial charge in [-0.05, 0) is 36.5 Å². The maximum atomic E-state index is 13.3. The van der Waals surface area contributed by atoms with E-state index in [1.165, 1.54) is 12.1 Å². The Kier molecular flexibility index (Phi) is 5.82. The summed E-state index contributed by atoms with van der Waals surface area (Å²) in [5, 5.41) is 9.11. The maximum absolute atomic E-state index is 13.3. The standard InChI is InChI=1S/C18H21F2N3O3/c1-11(13-6-14(19)8-15(20)7-13)10-21-18(24)22-17-9-16(26-23-17)12-2-4-25-5-3-12/h6-9,11-12H,2-5,10H2,1H3,(H2,21,22,23,24). The molecular weight excluding hydrogens is 344 g/mol. The molecule has 0 saturated carbocycles. The third kappa shape index (κ3) is 4.78. The molecule has 0 aliphatic carbocycles. The maximum Gasteiger partial charge on any atom is 0.320 e. The molecule has 140 valence electrons. The van der Waals surface area contributed by atoms with E-state index >= 15 is 0 Å². The van der Waals surface area contributed by atoms with Crippen molar-refractivity contribution in [2.45, 2.75) is 31.6 Å². The van der Waals surface area contributed by atoms with Crippen LogP contribution >= 0.6 is 0 Å². The van der Waals surface area contributed by atoms with Crippen molar-refractivity contribution >= 4 is 11.8 Å². The highest BCUT2D eigenvalue weighted by atomic mass is 19.1. The molecule has 26 heavy (non-hydrogen) atoms. The molecule has 1 aromatic carbocycles. The average molecular weight is 365 g/mol. The van der Waals surface area contributed by atoms with Crippen LogP contribution in [0.3, 0.4) is 0 Å². The molecule has 1 aliphatic heterocycles. The number of ether oxygens (including phenoxy) is 1. The second kappa shape index (κ2) is 8.27. The van der Waals surface area contributed by atoms with E-state index in [1.807, 2.05) is 0 Å². The van der Waals surface area contributed by atoms with Crippen LogP contribution in [0.25, 0.3) is 0 Å². The van der Waals surface area contributed by atoms with Gasteiger partial charge < -0.3 is 14.6 Å². The summed E-state index contributed by atoms with van der Waals surface area (Å²) in [4.78, 5) is 12.0. The first-order chi connectivity index (χ1) is 12.5. The number of hydrogen-bond acceptors (Lipinski definition) is 4. The molecule has 1 fully saturated rings. The molecule has 1 saturated heterocycles. The summed E-state index contributed by atoms with van der Waals surface area (Å²) in [5.41, 5.74) is 0.478. The first-order valence-electron chi connectivity index (χ1n) is 8.56. The normalized spacial score (nSPS) is 16.3. The highest BCUT2D eigenvalue weighted by molar-refractivity contribution is 5.88. The molecule has 2 heterocycles. The van der Waals surface area contributed by atoms with Gasteiger partial charge in [0.05, 0.1) is 0 Å². The summed E-state index contributed by atoms with van der Waals surface area (Å²) in [7, 11) is 0. The molecule has 1 unspecified atom stereocenters. The van der Waals surface area contributed by atoms with Crippen molar-refractivity contribution in [3.8, 4) is 0 Å². The number of carbonyl (C=O) groups excluding carboxylic acids is 1. The van der Waals surface area contributed by atoms with E-state index in [-0.39, 0.29) is 18.4 Å². The molecular formula is C18H21F2N3O3. The van der Waals surface area contributed by atoms with Crippen molar-refractivity contribution in [1.82, 2.24) is 10.5 Å². The summed E-state index contributed by atoms with van der Waals surface area (Å²) in [6, 6.07) is 4.58. The van der Waals surface area contributed by atoms with Gasteiger partial charge in [0.25, 0.3) is 0 Å². The molecule has 0 bridgehead atoms. The topological polar surface area (TPSA) is 76.4 Å². The molecule has 6 nitrogen and oxygen atoms in total. The zero-order chi connectivity index (χ0) is 18.5. The molecule has 8 heteroatoms. The van der Waals surface area contributed by atoms with Crippen molar-refractivity contribution in [3.63, 3.8) is 0 Å². The van der Waals surface area contributed by atoms with Crippen LogP contribution in [-0.4, -0.2) is 30.9 Å². The van der Waals surface area contributed by atoms with Crippen LogP contribution in [0.1, 0.15) is 42.9 Å². The minimum absolute atomic E-state index is 0.222. The van der Waals surface area contributed by atoms with Crippen molar-refractivity contribution in [2.75, 3.05) is 25.1 Å². The van der Waals surface area contributed by atoms with Crippen LogP contribution in [0.15, 0.2) is 28.8 Å². The minimum Gasteiger partial charge on any atom is -0.381 e. The lowest BCUT2D eigenvalue weighted by molar-refractivity contribution is 0.0791. The number of hydrogen-bond donors (Lipinski definition) is 2. The Morgan fingerprint density at radius 1 is 1.23 bits per heavy atom. The van der Waals surface area contributed by atoms with E-state index in [1.54, 1.807) is 13.0 Å². The number of nitrogens with one attached hydrogen (secondary N) is 2. The Hall–Kier alpha value is -2.48. The second-order valence-electron chi connectivity index (χ2n) is 6.44. The zero-order valence-electron chi connectivity index (χ0n) is 14.4. The SMILES string of the molecule is CC(CNC(=O)Nc1cc(C2CCOCC2)on1)c1cc(F)cc(F)c1. The number of aromatic nitrogens is 1. The lowest BCUT2D eigenvalue weighted by Crippen LogP contribution is -2.31. The quantitative estimate of drug-likeness (QED) is 0.846. The Bertz CT molecular complexity index is 740. The van der Waals surface area contributed by atoms with Crippen LogP contribution in [-0.2, 0) is 4.74 Å². The smallest absolute Gasteiger partial charge is 0.320 e. The van der Waals surface area contributed by atoms with Gasteiger partial charge in [-0.2, -0.15) is 0 Å². The predicted molar refractivity (Wildman–Crippen MR) is 91.1 cm³/mol. The van der Waals surface area contributed by atoms with Gasteiger partial charge in [0.1, 0.15) is 17.4 Å². The average Bonchev–Trinajstić information content (AvgIpc) is 3.08. The van der Waals surface area contributed by atoms with Crippen molar-refractivity contribution in [3.05, 3.63) is 47.2 Å². The van der Waals surface area contributed by atoms with Gasteiger partial charge in [-0.25, -0.2) is 13.6 Å². The number of carbonyl (C=O) groups is 1. The van der Waals surface area contributed by atoms with Gasteiger partial charge in [-0.3, -0.25) is 5.32 Å². The van der Waals surface area contributed by atoms with Gasteiger partial charge in [0.2, 0.25) is 0 Å². The Morgan fingerprint density at radius 2 is 1.92 bits per heavy atom. The molecule has 0 spiro atoms. The first kappa shape index (κ1) is 18.3. The van der Waals surface area contributed by atoms with Crippen LogP contribution in [0.5, 0.6) is 0 Å².